The summed E-state index contributed by atoms with van der Waals surface area (Å²) in [5.74, 6) is 0. The van der Waals surface area contributed by atoms with Crippen LogP contribution >= 0.6 is 0 Å². The summed E-state index contributed by atoms with van der Waals surface area (Å²) in [5.41, 5.74) is 4.67. The van der Waals surface area contributed by atoms with E-state index in [-0.39, 0.29) is 5.56 Å². The van der Waals surface area contributed by atoms with Gasteiger partial charge in [0.05, 0.1) is 12.2 Å². The number of aryl methyl sites for hydroxylation is 1. The molecule has 0 amide bonds. The van der Waals surface area contributed by atoms with Crippen LogP contribution in [0.4, 0.5) is 0 Å². The number of fused-ring (bicyclic) bond motifs is 1. The first-order chi connectivity index (χ1) is 11.7. The SMILES string of the molecule is Cc1cccc(Cn2ccn3nc(-c4ccccc4)cc3c2=O)c1. The van der Waals surface area contributed by atoms with Crippen molar-refractivity contribution >= 4 is 5.52 Å². The van der Waals surface area contributed by atoms with Gasteiger partial charge in [0.1, 0.15) is 5.52 Å². The Bertz CT molecular complexity index is 1060. The van der Waals surface area contributed by atoms with Gasteiger partial charge in [-0.2, -0.15) is 5.10 Å². The minimum absolute atomic E-state index is 0.0336. The summed E-state index contributed by atoms with van der Waals surface area (Å²) in [6.07, 6.45) is 3.62. The average molecular weight is 315 g/mol. The van der Waals surface area contributed by atoms with Crippen molar-refractivity contribution in [1.29, 1.82) is 0 Å². The molecule has 0 fully saturated rings. The van der Waals surface area contributed by atoms with Crippen molar-refractivity contribution < 1.29 is 0 Å². The van der Waals surface area contributed by atoms with E-state index in [1.165, 1.54) is 5.56 Å². The molecule has 2 heterocycles. The Morgan fingerprint density at radius 2 is 1.79 bits per heavy atom. The Labute approximate surface area is 139 Å². The molecular weight excluding hydrogens is 298 g/mol. The second-order valence-electron chi connectivity index (χ2n) is 5.95. The number of aromatic nitrogens is 3. The first-order valence-corrected chi connectivity index (χ1v) is 7.90. The lowest BCUT2D eigenvalue weighted by Crippen LogP contribution is -2.21. The third-order valence-corrected chi connectivity index (χ3v) is 4.11. The Kier molecular flexibility index (Phi) is 3.50. The van der Waals surface area contributed by atoms with Crippen molar-refractivity contribution in [3.63, 3.8) is 0 Å². The number of hydrogen-bond donors (Lipinski definition) is 0. The predicted octanol–water partition coefficient (Wildman–Crippen LogP) is 3.52. The van der Waals surface area contributed by atoms with Crippen LogP contribution in [0.5, 0.6) is 0 Å². The summed E-state index contributed by atoms with van der Waals surface area (Å²) in [5, 5.41) is 4.51. The molecule has 0 N–H and O–H groups in total. The van der Waals surface area contributed by atoms with E-state index in [9.17, 15) is 4.79 Å². The Balaban J connectivity index is 1.76. The molecule has 24 heavy (non-hydrogen) atoms. The van der Waals surface area contributed by atoms with Gasteiger partial charge in [-0.15, -0.1) is 0 Å². The van der Waals surface area contributed by atoms with Crippen molar-refractivity contribution in [3.8, 4) is 11.3 Å². The smallest absolute Gasteiger partial charge is 0.276 e. The Morgan fingerprint density at radius 1 is 0.958 bits per heavy atom. The van der Waals surface area contributed by atoms with Gasteiger partial charge in [0.2, 0.25) is 0 Å². The maximum atomic E-state index is 12.8. The van der Waals surface area contributed by atoms with E-state index in [0.29, 0.717) is 12.1 Å². The van der Waals surface area contributed by atoms with Crippen LogP contribution < -0.4 is 5.56 Å². The summed E-state index contributed by atoms with van der Waals surface area (Å²) in [6.45, 7) is 2.61. The predicted molar refractivity (Wildman–Crippen MR) is 95.2 cm³/mol. The van der Waals surface area contributed by atoms with Gasteiger partial charge in [-0.1, -0.05) is 60.2 Å². The zero-order valence-corrected chi connectivity index (χ0v) is 13.4. The van der Waals surface area contributed by atoms with Gasteiger partial charge in [-0.3, -0.25) is 4.79 Å². The summed E-state index contributed by atoms with van der Waals surface area (Å²) < 4.78 is 3.37. The highest BCUT2D eigenvalue weighted by atomic mass is 16.1. The summed E-state index contributed by atoms with van der Waals surface area (Å²) in [6, 6.07) is 19.9. The van der Waals surface area contributed by atoms with Crippen LogP contribution in [0.1, 0.15) is 11.1 Å². The highest BCUT2D eigenvalue weighted by molar-refractivity contribution is 5.65. The topological polar surface area (TPSA) is 39.3 Å². The normalized spacial score (nSPS) is 11.0. The van der Waals surface area contributed by atoms with Gasteiger partial charge in [-0.25, -0.2) is 4.52 Å². The van der Waals surface area contributed by atoms with E-state index in [1.807, 2.05) is 54.7 Å². The van der Waals surface area contributed by atoms with Gasteiger partial charge in [0, 0.05) is 18.0 Å². The number of rotatable bonds is 3. The molecule has 0 atom stereocenters. The minimum Gasteiger partial charge on any atom is -0.308 e. The molecule has 2 aromatic carbocycles. The molecule has 0 aliphatic carbocycles. The first kappa shape index (κ1) is 14.5. The van der Waals surface area contributed by atoms with Gasteiger partial charge in [0.15, 0.2) is 0 Å². The lowest BCUT2D eigenvalue weighted by atomic mass is 10.1. The molecule has 0 spiro atoms. The lowest BCUT2D eigenvalue weighted by Gasteiger charge is -2.06. The van der Waals surface area contributed by atoms with E-state index >= 15 is 0 Å². The molecule has 4 aromatic rings. The van der Waals surface area contributed by atoms with Crippen LogP contribution in [0.2, 0.25) is 0 Å². The molecule has 0 aliphatic rings. The molecular formula is C20H17N3O. The second-order valence-corrected chi connectivity index (χ2v) is 5.95. The van der Waals surface area contributed by atoms with Crippen LogP contribution in [0.15, 0.2) is 77.9 Å². The average Bonchev–Trinajstić information content (AvgIpc) is 3.03. The van der Waals surface area contributed by atoms with Crippen LogP contribution in [0, 0.1) is 6.92 Å². The monoisotopic (exact) mass is 315 g/mol. The van der Waals surface area contributed by atoms with Crippen LogP contribution in [-0.4, -0.2) is 14.2 Å². The van der Waals surface area contributed by atoms with Crippen LogP contribution in [-0.2, 0) is 6.54 Å². The van der Waals surface area contributed by atoms with E-state index in [4.69, 9.17) is 0 Å². The molecule has 4 rings (SSSR count). The molecule has 4 heteroatoms. The fourth-order valence-electron chi connectivity index (χ4n) is 2.91. The molecule has 4 nitrogen and oxygen atoms in total. The largest absolute Gasteiger partial charge is 0.308 e. The van der Waals surface area contributed by atoms with E-state index in [2.05, 4.69) is 24.2 Å². The maximum absolute atomic E-state index is 12.8. The zero-order chi connectivity index (χ0) is 16.5. The van der Waals surface area contributed by atoms with Crippen molar-refractivity contribution in [2.45, 2.75) is 13.5 Å². The summed E-state index contributed by atoms with van der Waals surface area (Å²) >= 11 is 0. The molecule has 0 aliphatic heterocycles. The van der Waals surface area contributed by atoms with Crippen molar-refractivity contribution in [3.05, 3.63) is 94.5 Å². The highest BCUT2D eigenvalue weighted by Crippen LogP contribution is 2.17. The van der Waals surface area contributed by atoms with Gasteiger partial charge in [-0.05, 0) is 18.6 Å². The molecule has 0 radical (unpaired) electrons. The van der Waals surface area contributed by atoms with Gasteiger partial charge < -0.3 is 4.57 Å². The molecule has 0 unspecified atom stereocenters. The van der Waals surface area contributed by atoms with E-state index in [1.54, 1.807) is 15.3 Å². The fourth-order valence-corrected chi connectivity index (χ4v) is 2.91. The Hall–Kier alpha value is -3.14. The van der Waals surface area contributed by atoms with Gasteiger partial charge in [0.25, 0.3) is 5.56 Å². The third kappa shape index (κ3) is 2.63. The van der Waals surface area contributed by atoms with Crippen molar-refractivity contribution in [1.82, 2.24) is 14.2 Å². The second kappa shape index (κ2) is 5.81. The summed E-state index contributed by atoms with van der Waals surface area (Å²) in [7, 11) is 0. The molecule has 0 saturated carbocycles. The zero-order valence-electron chi connectivity index (χ0n) is 13.4. The van der Waals surface area contributed by atoms with Gasteiger partial charge >= 0.3 is 0 Å². The van der Waals surface area contributed by atoms with Crippen molar-refractivity contribution in [2.24, 2.45) is 0 Å². The van der Waals surface area contributed by atoms with Crippen LogP contribution in [0.3, 0.4) is 0 Å². The van der Waals surface area contributed by atoms with Crippen molar-refractivity contribution in [2.75, 3.05) is 0 Å². The standard InChI is InChI=1S/C20H17N3O/c1-15-6-5-7-16(12-15)14-22-10-11-23-19(20(22)24)13-18(21-23)17-8-3-2-4-9-17/h2-13H,14H2,1H3. The van der Waals surface area contributed by atoms with E-state index < -0.39 is 0 Å². The lowest BCUT2D eigenvalue weighted by molar-refractivity contribution is 0.742. The number of nitrogens with zero attached hydrogens (tertiary/aromatic N) is 3. The molecule has 0 bridgehead atoms. The third-order valence-electron chi connectivity index (χ3n) is 4.11. The number of benzene rings is 2. The molecule has 118 valence electrons. The quantitative estimate of drug-likeness (QED) is 0.580. The minimum atomic E-state index is -0.0336. The van der Waals surface area contributed by atoms with Crippen LogP contribution in [0.25, 0.3) is 16.8 Å². The Morgan fingerprint density at radius 3 is 2.58 bits per heavy atom. The highest BCUT2D eigenvalue weighted by Gasteiger charge is 2.09. The fraction of sp³-hybridized carbons (Fsp3) is 0.100. The maximum Gasteiger partial charge on any atom is 0.276 e. The van der Waals surface area contributed by atoms with E-state index in [0.717, 1.165) is 16.8 Å². The molecule has 0 saturated heterocycles. The first-order valence-electron chi connectivity index (χ1n) is 7.90. The molecule has 2 aromatic heterocycles. The summed E-state index contributed by atoms with van der Waals surface area (Å²) in [4.78, 5) is 12.8. The number of hydrogen-bond acceptors (Lipinski definition) is 2.